The summed E-state index contributed by atoms with van der Waals surface area (Å²) in [5, 5.41) is 0. The van der Waals surface area contributed by atoms with Crippen molar-refractivity contribution in [3.05, 3.63) is 48.5 Å². The smallest absolute Gasteiger partial charge is 0.137 e. The Labute approximate surface area is 130 Å². The van der Waals surface area contributed by atoms with Crippen molar-refractivity contribution >= 4 is 11.3 Å². The van der Waals surface area contributed by atoms with Crippen molar-refractivity contribution in [2.24, 2.45) is 0 Å². The zero-order valence-electron chi connectivity index (χ0n) is 13.0. The number of aromatic nitrogens is 3. The Bertz CT molecular complexity index is 759. The standard InChI is InChI=1S/C17H21N5/c1-3-21(4-2)12-15-17(13-7-9-19-10-8-13)20-16-6-5-14(18)11-22(15)16/h5-11H,3-4,12,18H2,1-2H3. The summed E-state index contributed by atoms with van der Waals surface area (Å²) in [4.78, 5) is 11.3. The van der Waals surface area contributed by atoms with E-state index in [4.69, 9.17) is 10.7 Å². The molecule has 5 heteroatoms. The Morgan fingerprint density at radius 2 is 1.82 bits per heavy atom. The van der Waals surface area contributed by atoms with Crippen LogP contribution in [0, 0.1) is 0 Å². The molecule has 0 unspecified atom stereocenters. The fourth-order valence-electron chi connectivity index (χ4n) is 2.66. The number of hydrogen-bond acceptors (Lipinski definition) is 4. The molecule has 0 amide bonds. The third kappa shape index (κ3) is 2.67. The van der Waals surface area contributed by atoms with Gasteiger partial charge in [0.05, 0.1) is 11.4 Å². The Balaban J connectivity index is 2.18. The lowest BCUT2D eigenvalue weighted by Crippen LogP contribution is -2.23. The predicted molar refractivity (Wildman–Crippen MR) is 89.5 cm³/mol. The molecule has 0 fully saturated rings. The first-order valence-electron chi connectivity index (χ1n) is 7.62. The van der Waals surface area contributed by atoms with Crippen LogP contribution >= 0.6 is 0 Å². The maximum Gasteiger partial charge on any atom is 0.137 e. The van der Waals surface area contributed by atoms with Crippen molar-refractivity contribution in [3.63, 3.8) is 0 Å². The van der Waals surface area contributed by atoms with E-state index in [2.05, 4.69) is 28.1 Å². The third-order valence-electron chi connectivity index (χ3n) is 3.96. The summed E-state index contributed by atoms with van der Waals surface area (Å²) in [5.41, 5.74) is 10.9. The molecule has 5 nitrogen and oxygen atoms in total. The van der Waals surface area contributed by atoms with Gasteiger partial charge in [-0.05, 0) is 37.4 Å². The molecule has 114 valence electrons. The summed E-state index contributed by atoms with van der Waals surface area (Å²) in [6.07, 6.45) is 5.55. The van der Waals surface area contributed by atoms with Gasteiger partial charge in [0.15, 0.2) is 0 Å². The molecule has 22 heavy (non-hydrogen) atoms. The summed E-state index contributed by atoms with van der Waals surface area (Å²) in [6.45, 7) is 7.19. The molecule has 0 aliphatic rings. The van der Waals surface area contributed by atoms with Gasteiger partial charge in [-0.2, -0.15) is 0 Å². The maximum atomic E-state index is 5.96. The summed E-state index contributed by atoms with van der Waals surface area (Å²) < 4.78 is 2.10. The molecular weight excluding hydrogens is 274 g/mol. The number of hydrogen-bond donors (Lipinski definition) is 1. The van der Waals surface area contributed by atoms with Crippen molar-refractivity contribution < 1.29 is 0 Å². The molecule has 0 aliphatic carbocycles. The van der Waals surface area contributed by atoms with Gasteiger partial charge in [0.25, 0.3) is 0 Å². The fourth-order valence-corrected chi connectivity index (χ4v) is 2.66. The minimum absolute atomic E-state index is 0.743. The van der Waals surface area contributed by atoms with E-state index in [1.807, 2.05) is 30.5 Å². The zero-order chi connectivity index (χ0) is 15.5. The van der Waals surface area contributed by atoms with Crippen LogP contribution in [-0.2, 0) is 6.54 Å². The minimum atomic E-state index is 0.743. The van der Waals surface area contributed by atoms with E-state index in [0.717, 1.165) is 47.9 Å². The topological polar surface area (TPSA) is 59.5 Å². The summed E-state index contributed by atoms with van der Waals surface area (Å²) in [6, 6.07) is 7.85. The van der Waals surface area contributed by atoms with Gasteiger partial charge in [0.2, 0.25) is 0 Å². The molecular formula is C17H21N5. The van der Waals surface area contributed by atoms with E-state index < -0.39 is 0 Å². The predicted octanol–water partition coefficient (Wildman–Crippen LogP) is 2.82. The van der Waals surface area contributed by atoms with E-state index in [1.54, 1.807) is 12.4 Å². The second-order valence-electron chi connectivity index (χ2n) is 5.30. The Kier molecular flexibility index (Phi) is 4.06. The van der Waals surface area contributed by atoms with Crippen LogP contribution in [0.2, 0.25) is 0 Å². The van der Waals surface area contributed by atoms with E-state index in [1.165, 1.54) is 0 Å². The number of nitrogen functional groups attached to an aromatic ring is 1. The first kappa shape index (κ1) is 14.5. The van der Waals surface area contributed by atoms with Crippen molar-refractivity contribution in [2.75, 3.05) is 18.8 Å². The van der Waals surface area contributed by atoms with Gasteiger partial charge < -0.3 is 10.1 Å². The second-order valence-corrected chi connectivity index (χ2v) is 5.30. The van der Waals surface area contributed by atoms with Gasteiger partial charge >= 0.3 is 0 Å². The quantitative estimate of drug-likeness (QED) is 0.786. The lowest BCUT2D eigenvalue weighted by Gasteiger charge is -2.18. The molecule has 3 aromatic heterocycles. The maximum absolute atomic E-state index is 5.96. The summed E-state index contributed by atoms with van der Waals surface area (Å²) in [5.74, 6) is 0. The van der Waals surface area contributed by atoms with Gasteiger partial charge in [-0.3, -0.25) is 9.88 Å². The van der Waals surface area contributed by atoms with E-state index in [9.17, 15) is 0 Å². The Morgan fingerprint density at radius 3 is 2.50 bits per heavy atom. The molecule has 0 aromatic carbocycles. The highest BCUT2D eigenvalue weighted by molar-refractivity contribution is 5.67. The van der Waals surface area contributed by atoms with Crippen LogP contribution in [0.4, 0.5) is 5.69 Å². The average molecular weight is 295 g/mol. The number of anilines is 1. The van der Waals surface area contributed by atoms with Crippen molar-refractivity contribution in [1.82, 2.24) is 19.3 Å². The molecule has 3 heterocycles. The lowest BCUT2D eigenvalue weighted by molar-refractivity contribution is 0.292. The average Bonchev–Trinajstić information content (AvgIpc) is 2.91. The van der Waals surface area contributed by atoms with Crippen molar-refractivity contribution in [1.29, 1.82) is 0 Å². The molecule has 3 rings (SSSR count). The van der Waals surface area contributed by atoms with Crippen LogP contribution in [0.3, 0.4) is 0 Å². The summed E-state index contributed by atoms with van der Waals surface area (Å²) in [7, 11) is 0. The largest absolute Gasteiger partial charge is 0.398 e. The lowest BCUT2D eigenvalue weighted by atomic mass is 10.1. The Hall–Kier alpha value is -2.40. The molecule has 0 bridgehead atoms. The number of nitrogens with zero attached hydrogens (tertiary/aromatic N) is 4. The molecule has 2 N–H and O–H groups in total. The first-order chi connectivity index (χ1) is 10.7. The van der Waals surface area contributed by atoms with Crippen LogP contribution in [0.15, 0.2) is 42.9 Å². The van der Waals surface area contributed by atoms with Gasteiger partial charge in [-0.1, -0.05) is 13.8 Å². The van der Waals surface area contributed by atoms with Gasteiger partial charge in [0.1, 0.15) is 5.65 Å². The first-order valence-corrected chi connectivity index (χ1v) is 7.62. The molecule has 0 atom stereocenters. The molecule has 0 radical (unpaired) electrons. The van der Waals surface area contributed by atoms with Gasteiger partial charge in [-0.25, -0.2) is 4.98 Å². The second kappa shape index (κ2) is 6.15. The number of imidazole rings is 1. The SMILES string of the molecule is CCN(CC)Cc1c(-c2ccncc2)nc2ccc(N)cn12. The highest BCUT2D eigenvalue weighted by Crippen LogP contribution is 2.26. The molecule has 0 saturated carbocycles. The van der Waals surface area contributed by atoms with Crippen LogP contribution < -0.4 is 5.73 Å². The van der Waals surface area contributed by atoms with E-state index >= 15 is 0 Å². The molecule has 0 saturated heterocycles. The van der Waals surface area contributed by atoms with Gasteiger partial charge in [0, 0.05) is 36.4 Å². The monoisotopic (exact) mass is 295 g/mol. The van der Waals surface area contributed by atoms with Gasteiger partial charge in [-0.15, -0.1) is 0 Å². The minimum Gasteiger partial charge on any atom is -0.398 e. The molecule has 0 spiro atoms. The number of rotatable bonds is 5. The van der Waals surface area contributed by atoms with E-state index in [0.29, 0.717) is 0 Å². The molecule has 0 aliphatic heterocycles. The van der Waals surface area contributed by atoms with Crippen LogP contribution in [0.1, 0.15) is 19.5 Å². The van der Waals surface area contributed by atoms with Crippen LogP contribution in [-0.4, -0.2) is 32.4 Å². The fraction of sp³-hybridized carbons (Fsp3) is 0.294. The van der Waals surface area contributed by atoms with Crippen LogP contribution in [0.25, 0.3) is 16.9 Å². The van der Waals surface area contributed by atoms with Crippen molar-refractivity contribution in [2.45, 2.75) is 20.4 Å². The van der Waals surface area contributed by atoms with Crippen molar-refractivity contribution in [3.8, 4) is 11.3 Å². The normalized spacial score (nSPS) is 11.4. The van der Waals surface area contributed by atoms with Crippen LogP contribution in [0.5, 0.6) is 0 Å². The number of pyridine rings is 2. The Morgan fingerprint density at radius 1 is 1.09 bits per heavy atom. The number of nitrogens with two attached hydrogens (primary N) is 1. The molecule has 3 aromatic rings. The highest BCUT2D eigenvalue weighted by Gasteiger charge is 2.16. The number of fused-ring (bicyclic) bond motifs is 1. The summed E-state index contributed by atoms with van der Waals surface area (Å²) >= 11 is 0. The zero-order valence-corrected chi connectivity index (χ0v) is 13.0. The van der Waals surface area contributed by atoms with E-state index in [-0.39, 0.29) is 0 Å². The highest BCUT2D eigenvalue weighted by atomic mass is 15.1. The third-order valence-corrected chi connectivity index (χ3v) is 3.96.